The molecule has 0 unspecified atom stereocenters. The van der Waals surface area contributed by atoms with Gasteiger partial charge in [0.15, 0.2) is 11.5 Å². The van der Waals surface area contributed by atoms with Crippen molar-refractivity contribution in [1.82, 2.24) is 5.06 Å². The van der Waals surface area contributed by atoms with Crippen LogP contribution in [0.1, 0.15) is 12.5 Å². The van der Waals surface area contributed by atoms with E-state index in [1.165, 1.54) is 33.5 Å². The molecule has 24 heavy (non-hydrogen) atoms. The second kappa shape index (κ2) is 7.65. The summed E-state index contributed by atoms with van der Waals surface area (Å²) >= 11 is 0. The first-order valence-electron chi connectivity index (χ1n) is 7.18. The third-order valence-corrected chi connectivity index (χ3v) is 3.42. The first kappa shape index (κ1) is 17.6. The zero-order valence-electron chi connectivity index (χ0n) is 14.0. The van der Waals surface area contributed by atoms with E-state index in [4.69, 9.17) is 19.0 Å². The summed E-state index contributed by atoms with van der Waals surface area (Å²) in [5, 5.41) is 0.740. The smallest absolute Gasteiger partial charge is 0.280 e. The Labute approximate surface area is 140 Å². The molecular formula is C17H19NO6. The number of rotatable bonds is 5. The van der Waals surface area contributed by atoms with Crippen LogP contribution in [0.3, 0.4) is 0 Å². The summed E-state index contributed by atoms with van der Waals surface area (Å²) in [7, 11) is 4.52. The SMILES string of the molecule is COc1cc(/C=C/C(=O)N2OCC=C(C)C2=O)cc(OC)c1OC. The van der Waals surface area contributed by atoms with E-state index in [1.807, 2.05) is 0 Å². The first-order valence-corrected chi connectivity index (χ1v) is 7.18. The molecule has 0 bridgehead atoms. The highest BCUT2D eigenvalue weighted by Gasteiger charge is 2.25. The topological polar surface area (TPSA) is 74.3 Å². The number of methoxy groups -OCH3 is 3. The van der Waals surface area contributed by atoms with Crippen molar-refractivity contribution in [1.29, 1.82) is 0 Å². The van der Waals surface area contributed by atoms with Crippen molar-refractivity contribution in [2.45, 2.75) is 6.92 Å². The Morgan fingerprint density at radius 1 is 1.17 bits per heavy atom. The highest BCUT2D eigenvalue weighted by Crippen LogP contribution is 2.38. The number of carbonyl (C=O) groups is 2. The predicted octanol–water partition coefficient (Wildman–Crippen LogP) is 1.97. The van der Waals surface area contributed by atoms with E-state index in [9.17, 15) is 9.59 Å². The quantitative estimate of drug-likeness (QED) is 0.767. The summed E-state index contributed by atoms with van der Waals surface area (Å²) in [5.74, 6) is 0.349. The normalized spacial score (nSPS) is 14.6. The molecule has 0 saturated carbocycles. The minimum atomic E-state index is -0.568. The molecule has 0 fully saturated rings. The Morgan fingerprint density at radius 2 is 1.79 bits per heavy atom. The molecule has 2 rings (SSSR count). The number of hydrogen-bond acceptors (Lipinski definition) is 6. The van der Waals surface area contributed by atoms with Gasteiger partial charge in [-0.25, -0.2) is 0 Å². The lowest BCUT2D eigenvalue weighted by molar-refractivity contribution is -0.188. The van der Waals surface area contributed by atoms with E-state index >= 15 is 0 Å². The second-order valence-corrected chi connectivity index (χ2v) is 4.91. The fourth-order valence-electron chi connectivity index (χ4n) is 2.14. The molecule has 0 radical (unpaired) electrons. The van der Waals surface area contributed by atoms with Gasteiger partial charge in [0.1, 0.15) is 0 Å². The van der Waals surface area contributed by atoms with Crippen molar-refractivity contribution >= 4 is 17.9 Å². The molecule has 0 spiro atoms. The molecule has 1 aromatic carbocycles. The molecule has 0 aliphatic carbocycles. The lowest BCUT2D eigenvalue weighted by Crippen LogP contribution is -2.39. The van der Waals surface area contributed by atoms with Gasteiger partial charge in [0.05, 0.1) is 27.9 Å². The summed E-state index contributed by atoms with van der Waals surface area (Å²) in [6, 6.07) is 3.38. The Hall–Kier alpha value is -2.80. The maximum absolute atomic E-state index is 12.1. The van der Waals surface area contributed by atoms with Crippen molar-refractivity contribution in [3.05, 3.63) is 35.4 Å². The van der Waals surface area contributed by atoms with Gasteiger partial charge in [-0.2, -0.15) is 0 Å². The minimum Gasteiger partial charge on any atom is -0.493 e. The molecule has 1 heterocycles. The van der Waals surface area contributed by atoms with Crippen LogP contribution in [0.5, 0.6) is 17.2 Å². The van der Waals surface area contributed by atoms with Gasteiger partial charge in [-0.05, 0) is 36.8 Å². The summed E-state index contributed by atoms with van der Waals surface area (Å²) in [4.78, 5) is 29.1. The number of benzene rings is 1. The van der Waals surface area contributed by atoms with Crippen LogP contribution in [0.15, 0.2) is 29.9 Å². The van der Waals surface area contributed by atoms with Gasteiger partial charge < -0.3 is 14.2 Å². The molecule has 0 aromatic heterocycles. The average Bonchev–Trinajstić information content (AvgIpc) is 2.60. The van der Waals surface area contributed by atoms with E-state index < -0.39 is 11.8 Å². The van der Waals surface area contributed by atoms with Gasteiger partial charge in [0.25, 0.3) is 11.8 Å². The van der Waals surface area contributed by atoms with Crippen LogP contribution >= 0.6 is 0 Å². The van der Waals surface area contributed by atoms with Crippen molar-refractivity contribution in [2.24, 2.45) is 0 Å². The lowest BCUT2D eigenvalue weighted by atomic mass is 10.1. The van der Waals surface area contributed by atoms with E-state index in [2.05, 4.69) is 0 Å². The predicted molar refractivity (Wildman–Crippen MR) is 86.7 cm³/mol. The molecule has 2 amide bonds. The highest BCUT2D eigenvalue weighted by atomic mass is 16.7. The zero-order valence-corrected chi connectivity index (χ0v) is 14.0. The third-order valence-electron chi connectivity index (χ3n) is 3.42. The molecule has 0 N–H and O–H groups in total. The van der Waals surface area contributed by atoms with Crippen molar-refractivity contribution in [2.75, 3.05) is 27.9 Å². The molecule has 0 saturated heterocycles. The van der Waals surface area contributed by atoms with Gasteiger partial charge in [-0.15, -0.1) is 5.06 Å². The standard InChI is InChI=1S/C17H19NO6/c1-11-7-8-24-18(17(11)20)15(19)6-5-12-9-13(21-2)16(23-4)14(10-12)22-3/h5-7,9-10H,8H2,1-4H3/b6-5+. The maximum atomic E-state index is 12.1. The van der Waals surface area contributed by atoms with Crippen molar-refractivity contribution < 1.29 is 28.6 Å². The summed E-state index contributed by atoms with van der Waals surface area (Å²) < 4.78 is 15.7. The second-order valence-electron chi connectivity index (χ2n) is 4.91. The fourth-order valence-corrected chi connectivity index (χ4v) is 2.14. The van der Waals surface area contributed by atoms with Crippen LogP contribution in [0.4, 0.5) is 0 Å². The Kier molecular flexibility index (Phi) is 5.59. The third kappa shape index (κ3) is 3.57. The van der Waals surface area contributed by atoms with E-state index in [0.717, 1.165) is 5.06 Å². The number of imide groups is 1. The summed E-state index contributed by atoms with van der Waals surface area (Å²) in [6.07, 6.45) is 4.41. The maximum Gasteiger partial charge on any atom is 0.280 e. The molecule has 1 aliphatic heterocycles. The molecule has 128 valence electrons. The van der Waals surface area contributed by atoms with E-state index in [0.29, 0.717) is 28.4 Å². The molecule has 7 heteroatoms. The lowest BCUT2D eigenvalue weighted by Gasteiger charge is -2.21. The van der Waals surface area contributed by atoms with Gasteiger partial charge in [0, 0.05) is 11.6 Å². The molecular weight excluding hydrogens is 314 g/mol. The number of carbonyl (C=O) groups excluding carboxylic acids is 2. The minimum absolute atomic E-state index is 0.182. The van der Waals surface area contributed by atoms with Gasteiger partial charge in [0.2, 0.25) is 5.75 Å². The number of hydroxylamine groups is 2. The zero-order chi connectivity index (χ0) is 17.7. The number of amides is 2. The largest absolute Gasteiger partial charge is 0.493 e. The Balaban J connectivity index is 2.24. The monoisotopic (exact) mass is 333 g/mol. The molecule has 0 atom stereocenters. The Morgan fingerprint density at radius 3 is 2.33 bits per heavy atom. The van der Waals surface area contributed by atoms with Crippen molar-refractivity contribution in [3.8, 4) is 17.2 Å². The number of nitrogens with zero attached hydrogens (tertiary/aromatic N) is 1. The van der Waals surface area contributed by atoms with Crippen LogP contribution in [-0.4, -0.2) is 44.8 Å². The van der Waals surface area contributed by atoms with Gasteiger partial charge in [-0.1, -0.05) is 0 Å². The van der Waals surface area contributed by atoms with E-state index in [1.54, 1.807) is 25.1 Å². The van der Waals surface area contributed by atoms with Crippen LogP contribution in [0.2, 0.25) is 0 Å². The van der Waals surface area contributed by atoms with Crippen molar-refractivity contribution in [3.63, 3.8) is 0 Å². The van der Waals surface area contributed by atoms with Gasteiger partial charge in [-0.3, -0.25) is 14.4 Å². The van der Waals surface area contributed by atoms with Crippen LogP contribution in [-0.2, 0) is 14.4 Å². The van der Waals surface area contributed by atoms with E-state index in [-0.39, 0.29) is 6.61 Å². The first-order chi connectivity index (χ1) is 11.5. The van der Waals surface area contributed by atoms with Gasteiger partial charge >= 0.3 is 0 Å². The molecule has 1 aromatic rings. The molecule has 7 nitrogen and oxygen atoms in total. The summed E-state index contributed by atoms with van der Waals surface area (Å²) in [5.41, 5.74) is 1.12. The number of ether oxygens (including phenoxy) is 3. The Bertz CT molecular complexity index is 682. The van der Waals surface area contributed by atoms with Crippen LogP contribution in [0, 0.1) is 0 Å². The molecule has 1 aliphatic rings. The average molecular weight is 333 g/mol. The summed E-state index contributed by atoms with van der Waals surface area (Å²) in [6.45, 7) is 1.81. The number of hydrogen-bond donors (Lipinski definition) is 0. The van der Waals surface area contributed by atoms with Crippen LogP contribution in [0.25, 0.3) is 6.08 Å². The fraction of sp³-hybridized carbons (Fsp3) is 0.294. The van der Waals surface area contributed by atoms with Crippen LogP contribution < -0.4 is 14.2 Å². The highest BCUT2D eigenvalue weighted by molar-refractivity contribution is 6.07.